The van der Waals surface area contributed by atoms with Crippen LogP contribution in [0.1, 0.15) is 25.7 Å². The minimum atomic E-state index is 0.00109. The number of carbonyl (C=O) groups excluding carboxylic acids is 1. The summed E-state index contributed by atoms with van der Waals surface area (Å²) in [5.41, 5.74) is 0.848. The highest BCUT2D eigenvalue weighted by atomic mass is 35.5. The summed E-state index contributed by atoms with van der Waals surface area (Å²) < 4.78 is 0. The van der Waals surface area contributed by atoms with Crippen molar-refractivity contribution < 1.29 is 4.79 Å². The van der Waals surface area contributed by atoms with E-state index in [9.17, 15) is 4.79 Å². The molecule has 2 saturated heterocycles. The molecular weight excluding hydrogens is 298 g/mol. The first kappa shape index (κ1) is 15.8. The summed E-state index contributed by atoms with van der Waals surface area (Å²) in [6, 6.07) is 8.13. The molecule has 0 aliphatic carbocycles. The first-order valence-electron chi connectivity index (χ1n) is 8.18. The fourth-order valence-corrected chi connectivity index (χ4v) is 3.87. The molecule has 5 heteroatoms. The molecule has 0 saturated carbocycles. The second-order valence-electron chi connectivity index (χ2n) is 6.22. The Morgan fingerprint density at radius 2 is 1.95 bits per heavy atom. The second kappa shape index (κ2) is 6.99. The highest BCUT2D eigenvalue weighted by Gasteiger charge is 2.36. The van der Waals surface area contributed by atoms with Crippen molar-refractivity contribution in [3.63, 3.8) is 0 Å². The molecule has 4 nitrogen and oxygen atoms in total. The topological polar surface area (TPSA) is 35.6 Å². The molecule has 2 fully saturated rings. The second-order valence-corrected chi connectivity index (χ2v) is 6.63. The molecule has 0 aromatic heterocycles. The molecule has 1 N–H and O–H groups in total. The zero-order valence-corrected chi connectivity index (χ0v) is 13.9. The molecule has 1 aromatic carbocycles. The lowest BCUT2D eigenvalue weighted by Crippen LogP contribution is -2.57. The Balaban J connectivity index is 1.77. The number of likely N-dealkylation sites (N-methyl/N-ethyl adjacent to an activating group) is 1. The van der Waals surface area contributed by atoms with Crippen molar-refractivity contribution >= 4 is 23.2 Å². The Morgan fingerprint density at radius 1 is 1.18 bits per heavy atom. The van der Waals surface area contributed by atoms with Gasteiger partial charge in [-0.15, -0.1) is 0 Å². The highest BCUT2D eigenvalue weighted by molar-refractivity contribution is 6.33. The number of hydrogen-bond acceptors (Lipinski definition) is 3. The molecule has 22 heavy (non-hydrogen) atoms. The number of halogens is 1. The predicted octanol–water partition coefficient (Wildman–Crippen LogP) is 2.52. The molecule has 3 rings (SSSR count). The van der Waals surface area contributed by atoms with Crippen LogP contribution in [0.5, 0.6) is 0 Å². The fraction of sp³-hybridized carbons (Fsp3) is 0.588. The molecule has 2 heterocycles. The molecule has 1 aromatic rings. The van der Waals surface area contributed by atoms with Crippen LogP contribution < -0.4 is 10.2 Å². The fourth-order valence-electron chi connectivity index (χ4n) is 3.63. The van der Waals surface area contributed by atoms with Gasteiger partial charge >= 0.3 is 0 Å². The largest absolute Gasteiger partial charge is 0.316 e. The van der Waals surface area contributed by atoms with E-state index in [1.54, 1.807) is 0 Å². The van der Waals surface area contributed by atoms with E-state index in [1.807, 2.05) is 36.2 Å². The lowest BCUT2D eigenvalue weighted by Gasteiger charge is -2.42. The van der Waals surface area contributed by atoms with E-state index < -0.39 is 0 Å². The third-order valence-electron chi connectivity index (χ3n) is 4.86. The third kappa shape index (κ3) is 3.14. The minimum Gasteiger partial charge on any atom is -0.316 e. The van der Waals surface area contributed by atoms with Gasteiger partial charge in [-0.3, -0.25) is 9.69 Å². The molecule has 120 valence electrons. The molecule has 0 spiro atoms. The average molecular weight is 322 g/mol. The summed E-state index contributed by atoms with van der Waals surface area (Å²) in [6.07, 6.45) is 4.34. The monoisotopic (exact) mass is 321 g/mol. The van der Waals surface area contributed by atoms with Crippen molar-refractivity contribution in [2.45, 2.75) is 37.8 Å². The van der Waals surface area contributed by atoms with Crippen LogP contribution in [0.4, 0.5) is 5.69 Å². The average Bonchev–Trinajstić information content (AvgIpc) is 2.56. The third-order valence-corrected chi connectivity index (χ3v) is 5.18. The zero-order chi connectivity index (χ0) is 15.5. The van der Waals surface area contributed by atoms with Crippen LogP contribution in [-0.2, 0) is 4.79 Å². The van der Waals surface area contributed by atoms with Crippen LogP contribution >= 0.6 is 11.6 Å². The number of piperidine rings is 2. The number of anilines is 1. The Kier molecular flexibility index (Phi) is 5.01. The van der Waals surface area contributed by atoms with Crippen molar-refractivity contribution in [3.05, 3.63) is 29.3 Å². The maximum absolute atomic E-state index is 13.0. The highest BCUT2D eigenvalue weighted by Crippen LogP contribution is 2.30. The van der Waals surface area contributed by atoms with Gasteiger partial charge in [0.05, 0.1) is 16.8 Å². The number of amides is 1. The van der Waals surface area contributed by atoms with Crippen molar-refractivity contribution in [2.75, 3.05) is 31.6 Å². The minimum absolute atomic E-state index is 0.00109. The summed E-state index contributed by atoms with van der Waals surface area (Å²) in [7, 11) is 2.01. The summed E-state index contributed by atoms with van der Waals surface area (Å²) >= 11 is 6.28. The number of nitrogens with zero attached hydrogens (tertiary/aromatic N) is 2. The standard InChI is InChI=1S/C17H24ClN3O/c1-19-13-6-4-10-20(12-13)16-9-5-11-21(17(16)22)15-8-3-2-7-14(15)18/h2-3,7-8,13,16,19H,4-6,9-12H2,1H3. The Morgan fingerprint density at radius 3 is 2.73 bits per heavy atom. The van der Waals surface area contributed by atoms with E-state index in [2.05, 4.69) is 10.2 Å². The zero-order valence-electron chi connectivity index (χ0n) is 13.1. The number of carbonyl (C=O) groups is 1. The lowest BCUT2D eigenvalue weighted by molar-refractivity contribution is -0.126. The van der Waals surface area contributed by atoms with E-state index >= 15 is 0 Å². The van der Waals surface area contributed by atoms with Gasteiger partial charge in [0.2, 0.25) is 5.91 Å². The Labute approximate surface area is 137 Å². The van der Waals surface area contributed by atoms with E-state index in [1.165, 1.54) is 6.42 Å². The summed E-state index contributed by atoms with van der Waals surface area (Å²) in [6.45, 7) is 2.75. The summed E-state index contributed by atoms with van der Waals surface area (Å²) in [4.78, 5) is 17.2. The van der Waals surface area contributed by atoms with Gasteiger partial charge in [0, 0.05) is 19.1 Å². The molecule has 2 atom stereocenters. The quantitative estimate of drug-likeness (QED) is 0.929. The van der Waals surface area contributed by atoms with Crippen LogP contribution in [0, 0.1) is 0 Å². The van der Waals surface area contributed by atoms with Gasteiger partial charge in [0.25, 0.3) is 0 Å². The van der Waals surface area contributed by atoms with Crippen LogP contribution in [0.25, 0.3) is 0 Å². The van der Waals surface area contributed by atoms with Crippen LogP contribution in [0.15, 0.2) is 24.3 Å². The van der Waals surface area contributed by atoms with Gasteiger partial charge in [-0.25, -0.2) is 0 Å². The smallest absolute Gasteiger partial charge is 0.244 e. The summed E-state index contributed by atoms with van der Waals surface area (Å²) in [5, 5.41) is 4.01. The summed E-state index contributed by atoms with van der Waals surface area (Å²) in [5.74, 6) is 0.205. The molecule has 0 radical (unpaired) electrons. The number of nitrogens with one attached hydrogen (secondary N) is 1. The first-order chi connectivity index (χ1) is 10.7. The van der Waals surface area contributed by atoms with Crippen LogP contribution in [0.3, 0.4) is 0 Å². The van der Waals surface area contributed by atoms with E-state index in [0.29, 0.717) is 11.1 Å². The van der Waals surface area contributed by atoms with Crippen molar-refractivity contribution in [2.24, 2.45) is 0 Å². The van der Waals surface area contributed by atoms with Crippen LogP contribution in [0.2, 0.25) is 5.02 Å². The van der Waals surface area contributed by atoms with Crippen LogP contribution in [-0.4, -0.2) is 49.6 Å². The van der Waals surface area contributed by atoms with Gasteiger partial charge in [0.15, 0.2) is 0 Å². The van der Waals surface area contributed by atoms with Crippen molar-refractivity contribution in [1.82, 2.24) is 10.2 Å². The molecule has 0 bridgehead atoms. The van der Waals surface area contributed by atoms with E-state index in [0.717, 1.165) is 44.6 Å². The predicted molar refractivity (Wildman–Crippen MR) is 90.5 cm³/mol. The van der Waals surface area contributed by atoms with Crippen molar-refractivity contribution in [3.8, 4) is 0 Å². The number of rotatable bonds is 3. The molecule has 2 unspecified atom stereocenters. The SMILES string of the molecule is CNC1CCCN(C2CCCN(c3ccccc3Cl)C2=O)C1. The number of benzene rings is 1. The molecule has 1 amide bonds. The lowest BCUT2D eigenvalue weighted by atomic mass is 9.97. The van der Waals surface area contributed by atoms with Gasteiger partial charge in [0.1, 0.15) is 0 Å². The number of hydrogen-bond donors (Lipinski definition) is 1. The van der Waals surface area contributed by atoms with Gasteiger partial charge in [-0.1, -0.05) is 23.7 Å². The molecule has 2 aliphatic rings. The molecule has 2 aliphatic heterocycles. The maximum Gasteiger partial charge on any atom is 0.244 e. The van der Waals surface area contributed by atoms with Gasteiger partial charge in [-0.2, -0.15) is 0 Å². The Bertz CT molecular complexity index is 536. The van der Waals surface area contributed by atoms with Gasteiger partial charge < -0.3 is 10.2 Å². The van der Waals surface area contributed by atoms with E-state index in [-0.39, 0.29) is 11.9 Å². The number of para-hydroxylation sites is 1. The Hall–Kier alpha value is -1.10. The van der Waals surface area contributed by atoms with Crippen molar-refractivity contribution in [1.29, 1.82) is 0 Å². The molecular formula is C17H24ClN3O. The normalized spacial score (nSPS) is 27.2. The first-order valence-corrected chi connectivity index (χ1v) is 8.55. The van der Waals surface area contributed by atoms with E-state index in [4.69, 9.17) is 11.6 Å². The maximum atomic E-state index is 13.0. The van der Waals surface area contributed by atoms with Gasteiger partial charge in [-0.05, 0) is 51.4 Å². The number of likely N-dealkylation sites (tertiary alicyclic amines) is 1.